The van der Waals surface area contributed by atoms with Gasteiger partial charge in [-0.3, -0.25) is 0 Å². The number of aliphatic hydroxyl groups is 1. The van der Waals surface area contributed by atoms with E-state index in [9.17, 15) is 5.11 Å². The Morgan fingerprint density at radius 3 is 2.50 bits per heavy atom. The van der Waals surface area contributed by atoms with Gasteiger partial charge in [0, 0.05) is 18.5 Å². The number of ether oxygens (including phenoxy) is 1. The number of hydrogen-bond donors (Lipinski definition) is 2. The van der Waals surface area contributed by atoms with Crippen molar-refractivity contribution in [3.63, 3.8) is 0 Å². The molecule has 112 valence electrons. The van der Waals surface area contributed by atoms with Gasteiger partial charge < -0.3 is 15.2 Å². The first-order valence-corrected chi connectivity index (χ1v) is 7.28. The Labute approximate surface area is 122 Å². The first-order chi connectivity index (χ1) is 9.00. The molecule has 0 saturated heterocycles. The van der Waals surface area contributed by atoms with Crippen LogP contribution < -0.4 is 10.1 Å². The second-order valence-electron chi connectivity index (χ2n) is 7.52. The molecule has 0 bridgehead atoms. The third kappa shape index (κ3) is 3.15. The summed E-state index contributed by atoms with van der Waals surface area (Å²) >= 11 is 0. The molecule has 0 atom stereocenters. The van der Waals surface area contributed by atoms with Gasteiger partial charge in [-0.05, 0) is 58.7 Å². The molecule has 0 unspecified atom stereocenters. The molecule has 0 aliphatic carbocycles. The van der Waals surface area contributed by atoms with Crippen LogP contribution in [0.25, 0.3) is 0 Å². The first-order valence-electron chi connectivity index (χ1n) is 7.28. The van der Waals surface area contributed by atoms with E-state index in [1.807, 2.05) is 27.7 Å². The van der Waals surface area contributed by atoms with Gasteiger partial charge >= 0.3 is 0 Å². The van der Waals surface area contributed by atoms with Gasteiger partial charge in [-0.1, -0.05) is 12.1 Å². The number of rotatable bonds is 4. The molecule has 1 aromatic rings. The Morgan fingerprint density at radius 2 is 1.90 bits per heavy atom. The number of fused-ring (bicyclic) bond motifs is 1. The summed E-state index contributed by atoms with van der Waals surface area (Å²) in [5.74, 6) is 1.00. The Balaban J connectivity index is 2.07. The fourth-order valence-electron chi connectivity index (χ4n) is 2.31. The molecule has 20 heavy (non-hydrogen) atoms. The van der Waals surface area contributed by atoms with E-state index in [1.165, 1.54) is 11.1 Å². The van der Waals surface area contributed by atoms with Gasteiger partial charge in [0.1, 0.15) is 11.4 Å². The lowest BCUT2D eigenvalue weighted by Gasteiger charge is -2.38. The third-order valence-corrected chi connectivity index (χ3v) is 4.39. The van der Waals surface area contributed by atoms with Crippen LogP contribution in [0.5, 0.6) is 5.75 Å². The zero-order valence-corrected chi connectivity index (χ0v) is 13.5. The van der Waals surface area contributed by atoms with Crippen LogP contribution >= 0.6 is 0 Å². The monoisotopic (exact) mass is 277 g/mol. The van der Waals surface area contributed by atoms with Crippen molar-refractivity contribution in [1.82, 2.24) is 5.32 Å². The molecule has 2 rings (SSSR count). The van der Waals surface area contributed by atoms with Gasteiger partial charge in [0.15, 0.2) is 0 Å². The fraction of sp³-hybridized carbons (Fsp3) is 0.647. The van der Waals surface area contributed by atoms with E-state index in [-0.39, 0.29) is 11.1 Å². The summed E-state index contributed by atoms with van der Waals surface area (Å²) in [7, 11) is 0. The summed E-state index contributed by atoms with van der Waals surface area (Å²) in [6, 6.07) is 6.35. The van der Waals surface area contributed by atoms with Gasteiger partial charge in [-0.2, -0.15) is 0 Å². The van der Waals surface area contributed by atoms with Gasteiger partial charge in [0.25, 0.3) is 0 Å². The maximum Gasteiger partial charge on any atom is 0.123 e. The van der Waals surface area contributed by atoms with Crippen LogP contribution in [-0.2, 0) is 13.0 Å². The number of nitrogens with one attached hydrogen (secondary N) is 1. The summed E-state index contributed by atoms with van der Waals surface area (Å²) in [6.45, 7) is 12.7. The molecular formula is C17H27NO2. The van der Waals surface area contributed by atoms with Crippen LogP contribution in [-0.4, -0.2) is 21.8 Å². The van der Waals surface area contributed by atoms with Crippen LogP contribution in [0.15, 0.2) is 18.2 Å². The summed E-state index contributed by atoms with van der Waals surface area (Å²) in [5, 5.41) is 13.6. The average Bonchev–Trinajstić information content (AvgIpc) is 2.57. The van der Waals surface area contributed by atoms with Crippen LogP contribution in [0.3, 0.4) is 0 Å². The van der Waals surface area contributed by atoms with Crippen LogP contribution in [0.4, 0.5) is 0 Å². The Bertz CT molecular complexity index is 498. The van der Waals surface area contributed by atoms with E-state index in [0.717, 1.165) is 18.7 Å². The second kappa shape index (κ2) is 4.74. The maximum atomic E-state index is 10.2. The summed E-state index contributed by atoms with van der Waals surface area (Å²) in [4.78, 5) is 0. The predicted octanol–water partition coefficient (Wildman–Crippen LogP) is 3.04. The molecule has 1 aliphatic rings. The van der Waals surface area contributed by atoms with Crippen molar-refractivity contribution >= 4 is 0 Å². The molecule has 0 fully saturated rings. The molecular weight excluding hydrogens is 250 g/mol. The lowest BCUT2D eigenvalue weighted by atomic mass is 9.86. The van der Waals surface area contributed by atoms with Crippen LogP contribution in [0.2, 0.25) is 0 Å². The fourth-order valence-corrected chi connectivity index (χ4v) is 2.31. The molecule has 1 heterocycles. The highest BCUT2D eigenvalue weighted by molar-refractivity contribution is 5.41. The topological polar surface area (TPSA) is 41.5 Å². The minimum Gasteiger partial charge on any atom is -0.487 e. The molecule has 3 heteroatoms. The molecule has 0 radical (unpaired) electrons. The molecule has 1 aromatic carbocycles. The second-order valence-corrected chi connectivity index (χ2v) is 7.52. The summed E-state index contributed by atoms with van der Waals surface area (Å²) < 4.78 is 5.89. The van der Waals surface area contributed by atoms with Crippen molar-refractivity contribution in [2.75, 3.05) is 0 Å². The van der Waals surface area contributed by atoms with Crippen molar-refractivity contribution in [3.05, 3.63) is 29.3 Å². The molecule has 0 saturated carbocycles. The van der Waals surface area contributed by atoms with E-state index >= 15 is 0 Å². The van der Waals surface area contributed by atoms with Gasteiger partial charge in [-0.15, -0.1) is 0 Å². The Morgan fingerprint density at radius 1 is 1.25 bits per heavy atom. The average molecular weight is 277 g/mol. The van der Waals surface area contributed by atoms with E-state index < -0.39 is 5.60 Å². The van der Waals surface area contributed by atoms with E-state index in [2.05, 4.69) is 37.4 Å². The van der Waals surface area contributed by atoms with Gasteiger partial charge in [0.05, 0.1) is 5.60 Å². The number of benzene rings is 1. The largest absolute Gasteiger partial charge is 0.487 e. The Hall–Kier alpha value is -1.06. The Kier molecular flexibility index (Phi) is 3.64. The summed E-state index contributed by atoms with van der Waals surface area (Å²) in [5.41, 5.74) is 1.29. The van der Waals surface area contributed by atoms with Crippen molar-refractivity contribution in [2.24, 2.45) is 0 Å². The predicted molar refractivity (Wildman–Crippen MR) is 82.1 cm³/mol. The highest BCUT2D eigenvalue weighted by Gasteiger charge is 2.34. The lowest BCUT2D eigenvalue weighted by molar-refractivity contribution is -0.00532. The highest BCUT2D eigenvalue weighted by atomic mass is 16.5. The van der Waals surface area contributed by atoms with Crippen molar-refractivity contribution in [3.8, 4) is 5.75 Å². The normalized spacial score (nSPS) is 17.8. The molecule has 2 N–H and O–H groups in total. The van der Waals surface area contributed by atoms with Crippen molar-refractivity contribution in [1.29, 1.82) is 0 Å². The molecule has 3 nitrogen and oxygen atoms in total. The quantitative estimate of drug-likeness (QED) is 0.889. The minimum absolute atomic E-state index is 0.0965. The number of hydrogen-bond acceptors (Lipinski definition) is 3. The van der Waals surface area contributed by atoms with Crippen LogP contribution in [0.1, 0.15) is 52.7 Å². The smallest absolute Gasteiger partial charge is 0.123 e. The van der Waals surface area contributed by atoms with E-state index in [4.69, 9.17) is 4.74 Å². The first kappa shape index (κ1) is 15.3. The maximum absolute atomic E-state index is 10.2. The molecule has 0 aromatic heterocycles. The van der Waals surface area contributed by atoms with Crippen molar-refractivity contribution in [2.45, 2.75) is 71.2 Å². The minimum atomic E-state index is -0.769. The third-order valence-electron chi connectivity index (χ3n) is 4.39. The zero-order chi connectivity index (χ0) is 15.2. The zero-order valence-electron chi connectivity index (χ0n) is 13.5. The summed E-state index contributed by atoms with van der Waals surface area (Å²) in [6.07, 6.45) is 0.949. The van der Waals surface area contributed by atoms with Crippen molar-refractivity contribution < 1.29 is 9.84 Å². The highest BCUT2D eigenvalue weighted by Crippen LogP contribution is 2.35. The molecule has 1 aliphatic heterocycles. The molecule has 0 amide bonds. The van der Waals surface area contributed by atoms with E-state index in [1.54, 1.807) is 0 Å². The molecule has 0 spiro atoms. The van der Waals surface area contributed by atoms with Gasteiger partial charge in [-0.25, -0.2) is 0 Å². The van der Waals surface area contributed by atoms with Crippen LogP contribution in [0, 0.1) is 0 Å². The van der Waals surface area contributed by atoms with E-state index in [0.29, 0.717) is 0 Å². The lowest BCUT2D eigenvalue weighted by Crippen LogP contribution is -2.55. The van der Waals surface area contributed by atoms with Gasteiger partial charge in [0.2, 0.25) is 0 Å². The standard InChI is InChI=1S/C17H27NO2/c1-15(2)10-13-9-12(7-8-14(13)20-15)11-18-16(3,4)17(5,6)19/h7-9,18-19H,10-11H2,1-6H3. The SMILES string of the molecule is CC1(C)Cc2cc(CNC(C)(C)C(C)(C)O)ccc2O1.